The Labute approximate surface area is 138 Å². The number of benzene rings is 1. The second-order valence-electron chi connectivity index (χ2n) is 5.06. The molecule has 3 nitrogen and oxygen atoms in total. The molecule has 0 bridgehead atoms. The molecule has 0 unspecified atom stereocenters. The van der Waals surface area contributed by atoms with Crippen LogP contribution in [0.25, 0.3) is 6.08 Å². The van der Waals surface area contributed by atoms with Crippen molar-refractivity contribution in [3.8, 4) is 0 Å². The zero-order chi connectivity index (χ0) is 16.3. The molecule has 0 saturated heterocycles. The summed E-state index contributed by atoms with van der Waals surface area (Å²) in [7, 11) is 0. The zero-order valence-electron chi connectivity index (χ0n) is 12.7. The molecule has 1 aromatic carbocycles. The Morgan fingerprint density at radius 3 is 2.23 bits per heavy atom. The lowest BCUT2D eigenvalue weighted by atomic mass is 10.0. The van der Waals surface area contributed by atoms with E-state index in [0.29, 0.717) is 22.5 Å². The minimum Gasteiger partial charge on any atom is -0.294 e. The number of halogens is 1. The van der Waals surface area contributed by atoms with Crippen LogP contribution in [0.2, 0.25) is 0 Å². The SMILES string of the molecule is CC(=O)c1cc(C(=O)/C=C/c2ccc(Br)cc2)c(C)nc1C. The summed E-state index contributed by atoms with van der Waals surface area (Å²) in [5.74, 6) is -0.244. The number of aryl methyl sites for hydroxylation is 2. The third kappa shape index (κ3) is 3.77. The highest BCUT2D eigenvalue weighted by atomic mass is 79.9. The molecule has 0 aliphatic carbocycles. The van der Waals surface area contributed by atoms with Crippen molar-refractivity contribution in [1.82, 2.24) is 4.98 Å². The molecule has 0 saturated carbocycles. The molecule has 0 atom stereocenters. The van der Waals surface area contributed by atoms with E-state index in [0.717, 1.165) is 10.0 Å². The van der Waals surface area contributed by atoms with Crippen LogP contribution < -0.4 is 0 Å². The first kappa shape index (κ1) is 16.3. The molecule has 0 aliphatic heterocycles. The highest BCUT2D eigenvalue weighted by Crippen LogP contribution is 2.16. The van der Waals surface area contributed by atoms with Crippen LogP contribution in [-0.4, -0.2) is 16.6 Å². The third-order valence-electron chi connectivity index (χ3n) is 3.35. The normalized spacial score (nSPS) is 10.9. The van der Waals surface area contributed by atoms with E-state index in [1.54, 1.807) is 26.0 Å². The monoisotopic (exact) mass is 357 g/mol. The van der Waals surface area contributed by atoms with E-state index in [9.17, 15) is 9.59 Å². The molecule has 22 heavy (non-hydrogen) atoms. The van der Waals surface area contributed by atoms with Gasteiger partial charge in [-0.3, -0.25) is 14.6 Å². The van der Waals surface area contributed by atoms with E-state index in [4.69, 9.17) is 0 Å². The molecule has 0 spiro atoms. The van der Waals surface area contributed by atoms with Gasteiger partial charge in [0, 0.05) is 27.0 Å². The lowest BCUT2D eigenvalue weighted by molar-refractivity contribution is 0.101. The molecule has 0 radical (unpaired) electrons. The second-order valence-corrected chi connectivity index (χ2v) is 5.98. The molecule has 4 heteroatoms. The van der Waals surface area contributed by atoms with E-state index in [-0.39, 0.29) is 11.6 Å². The predicted octanol–water partition coefficient (Wildman–Crippen LogP) is 4.56. The molecular weight excluding hydrogens is 342 g/mol. The number of nitrogens with zero attached hydrogens (tertiary/aromatic N) is 1. The largest absolute Gasteiger partial charge is 0.294 e. The zero-order valence-corrected chi connectivity index (χ0v) is 14.3. The second kappa shape index (κ2) is 6.79. The lowest BCUT2D eigenvalue weighted by Gasteiger charge is -2.07. The number of pyridine rings is 1. The smallest absolute Gasteiger partial charge is 0.187 e. The molecule has 1 aromatic heterocycles. The van der Waals surface area contributed by atoms with Crippen molar-refractivity contribution in [3.05, 3.63) is 69.0 Å². The van der Waals surface area contributed by atoms with Gasteiger partial charge in [0.15, 0.2) is 11.6 Å². The van der Waals surface area contributed by atoms with Gasteiger partial charge < -0.3 is 0 Å². The number of Topliss-reactive ketones (excluding diaryl/α,β-unsaturated/α-hetero) is 1. The molecular formula is C18H16BrNO2. The summed E-state index contributed by atoms with van der Waals surface area (Å²) in [6, 6.07) is 9.28. The number of ketones is 2. The van der Waals surface area contributed by atoms with Gasteiger partial charge in [-0.1, -0.05) is 34.1 Å². The third-order valence-corrected chi connectivity index (χ3v) is 3.87. The first-order valence-corrected chi connectivity index (χ1v) is 7.65. The van der Waals surface area contributed by atoms with Crippen molar-refractivity contribution in [2.45, 2.75) is 20.8 Å². The summed E-state index contributed by atoms with van der Waals surface area (Å²) in [6.07, 6.45) is 3.26. The predicted molar refractivity (Wildman–Crippen MR) is 91.2 cm³/mol. The minimum atomic E-state index is -0.157. The maximum atomic E-state index is 12.3. The molecule has 2 rings (SSSR count). The topological polar surface area (TPSA) is 47.0 Å². The fourth-order valence-corrected chi connectivity index (χ4v) is 2.43. The Hall–Kier alpha value is -2.07. The summed E-state index contributed by atoms with van der Waals surface area (Å²) in [5.41, 5.74) is 3.17. The highest BCUT2D eigenvalue weighted by Gasteiger charge is 2.13. The van der Waals surface area contributed by atoms with E-state index in [1.165, 1.54) is 13.0 Å². The van der Waals surface area contributed by atoms with Gasteiger partial charge in [-0.15, -0.1) is 0 Å². The Bertz CT molecular complexity index is 761. The van der Waals surface area contributed by atoms with E-state index < -0.39 is 0 Å². The van der Waals surface area contributed by atoms with Gasteiger partial charge >= 0.3 is 0 Å². The summed E-state index contributed by atoms with van der Waals surface area (Å²) < 4.78 is 0.987. The molecule has 1 heterocycles. The van der Waals surface area contributed by atoms with Crippen LogP contribution in [0, 0.1) is 13.8 Å². The van der Waals surface area contributed by atoms with Gasteiger partial charge in [-0.2, -0.15) is 0 Å². The van der Waals surface area contributed by atoms with E-state index in [1.807, 2.05) is 24.3 Å². The van der Waals surface area contributed by atoms with Gasteiger partial charge in [-0.25, -0.2) is 0 Å². The minimum absolute atomic E-state index is 0.0871. The fraction of sp³-hybridized carbons (Fsp3) is 0.167. The van der Waals surface area contributed by atoms with Crippen molar-refractivity contribution < 1.29 is 9.59 Å². The quantitative estimate of drug-likeness (QED) is 0.595. The molecule has 0 fully saturated rings. The number of hydrogen-bond donors (Lipinski definition) is 0. The maximum Gasteiger partial charge on any atom is 0.187 e. The van der Waals surface area contributed by atoms with Gasteiger partial charge in [0.1, 0.15) is 0 Å². The Morgan fingerprint density at radius 2 is 1.64 bits per heavy atom. The number of allylic oxidation sites excluding steroid dienone is 1. The number of hydrogen-bond acceptors (Lipinski definition) is 3. The summed E-state index contributed by atoms with van der Waals surface area (Å²) >= 11 is 3.37. The van der Waals surface area contributed by atoms with Crippen molar-refractivity contribution in [2.24, 2.45) is 0 Å². The first-order valence-electron chi connectivity index (χ1n) is 6.85. The summed E-state index contributed by atoms with van der Waals surface area (Å²) in [6.45, 7) is 5.03. The van der Waals surface area contributed by atoms with Crippen LogP contribution in [0.5, 0.6) is 0 Å². The van der Waals surface area contributed by atoms with Crippen molar-refractivity contribution in [3.63, 3.8) is 0 Å². The average Bonchev–Trinajstić information content (AvgIpc) is 2.46. The number of carbonyl (C=O) groups excluding carboxylic acids is 2. The van der Waals surface area contributed by atoms with Crippen LogP contribution in [0.15, 0.2) is 40.9 Å². The van der Waals surface area contributed by atoms with Gasteiger partial charge in [0.05, 0.1) is 0 Å². The van der Waals surface area contributed by atoms with Crippen LogP contribution in [0.4, 0.5) is 0 Å². The number of carbonyl (C=O) groups is 2. The van der Waals surface area contributed by atoms with Crippen molar-refractivity contribution in [2.75, 3.05) is 0 Å². The van der Waals surface area contributed by atoms with Crippen LogP contribution in [-0.2, 0) is 0 Å². The molecule has 0 N–H and O–H groups in total. The average molecular weight is 358 g/mol. The lowest BCUT2D eigenvalue weighted by Crippen LogP contribution is -2.07. The summed E-state index contributed by atoms with van der Waals surface area (Å²) in [4.78, 5) is 28.2. The summed E-state index contributed by atoms with van der Waals surface area (Å²) in [5, 5.41) is 0. The Morgan fingerprint density at radius 1 is 1.05 bits per heavy atom. The van der Waals surface area contributed by atoms with E-state index in [2.05, 4.69) is 20.9 Å². The molecule has 0 amide bonds. The van der Waals surface area contributed by atoms with Crippen LogP contribution in [0.1, 0.15) is 44.6 Å². The van der Waals surface area contributed by atoms with Crippen molar-refractivity contribution in [1.29, 1.82) is 0 Å². The van der Waals surface area contributed by atoms with Crippen molar-refractivity contribution >= 4 is 33.6 Å². The van der Waals surface area contributed by atoms with Gasteiger partial charge in [0.2, 0.25) is 0 Å². The maximum absolute atomic E-state index is 12.3. The van der Waals surface area contributed by atoms with Gasteiger partial charge in [0.25, 0.3) is 0 Å². The van der Waals surface area contributed by atoms with E-state index >= 15 is 0 Å². The number of aromatic nitrogens is 1. The fourth-order valence-electron chi connectivity index (χ4n) is 2.17. The molecule has 0 aliphatic rings. The van der Waals surface area contributed by atoms with Crippen LogP contribution in [0.3, 0.4) is 0 Å². The molecule has 2 aromatic rings. The highest BCUT2D eigenvalue weighted by molar-refractivity contribution is 9.10. The first-order chi connectivity index (χ1) is 10.4. The Balaban J connectivity index is 2.31. The Kier molecular flexibility index (Phi) is 5.03. The molecule has 112 valence electrons. The van der Waals surface area contributed by atoms with Crippen LogP contribution >= 0.6 is 15.9 Å². The van der Waals surface area contributed by atoms with Gasteiger partial charge in [-0.05, 0) is 50.6 Å². The standard InChI is InChI=1S/C18H16BrNO2/c1-11-16(13(3)21)10-17(12(2)20-11)18(22)9-6-14-4-7-15(19)8-5-14/h4-10H,1-3H3/b9-6+. The number of rotatable bonds is 4.